The minimum atomic E-state index is 0.384. The lowest BCUT2D eigenvalue weighted by Crippen LogP contribution is -2.40. The Bertz CT molecular complexity index is 436. The maximum Gasteiger partial charge on any atom is 0.101 e. The number of halogens is 1. The molecule has 1 saturated carbocycles. The molecule has 0 bridgehead atoms. The number of ether oxygens (including phenoxy) is 1. The van der Waals surface area contributed by atoms with E-state index in [9.17, 15) is 0 Å². The molecule has 0 saturated heterocycles. The molecule has 1 fully saturated rings. The van der Waals surface area contributed by atoms with Crippen LogP contribution in [0.4, 0.5) is 5.69 Å². The van der Waals surface area contributed by atoms with Crippen LogP contribution in [-0.4, -0.2) is 18.8 Å². The predicted octanol–water partition coefficient (Wildman–Crippen LogP) is 3.30. The van der Waals surface area contributed by atoms with E-state index < -0.39 is 0 Å². The third-order valence-corrected chi connectivity index (χ3v) is 3.45. The predicted molar refractivity (Wildman–Crippen MR) is 70.9 cm³/mol. The molecule has 0 unspecified atom stereocenters. The number of nitriles is 1. The van der Waals surface area contributed by atoms with Crippen molar-refractivity contribution in [2.75, 3.05) is 11.9 Å². The van der Waals surface area contributed by atoms with Gasteiger partial charge in [-0.15, -0.1) is 0 Å². The molecule has 17 heavy (non-hydrogen) atoms. The number of rotatable bonds is 4. The van der Waals surface area contributed by atoms with Crippen LogP contribution in [0.3, 0.4) is 0 Å². The van der Waals surface area contributed by atoms with Gasteiger partial charge in [0.05, 0.1) is 17.4 Å². The van der Waals surface area contributed by atoms with Crippen molar-refractivity contribution in [1.29, 1.82) is 5.26 Å². The summed E-state index contributed by atoms with van der Waals surface area (Å²) in [6.45, 7) is 2.79. The van der Waals surface area contributed by atoms with E-state index in [2.05, 4.69) is 27.3 Å². The second-order valence-corrected chi connectivity index (χ2v) is 5.11. The summed E-state index contributed by atoms with van der Waals surface area (Å²) in [7, 11) is 0. The molecule has 0 spiro atoms. The lowest BCUT2D eigenvalue weighted by molar-refractivity contribution is 0.00299. The van der Waals surface area contributed by atoms with Gasteiger partial charge in [0.2, 0.25) is 0 Å². The van der Waals surface area contributed by atoms with E-state index in [4.69, 9.17) is 10.00 Å². The molecule has 2 rings (SSSR count). The van der Waals surface area contributed by atoms with E-state index in [1.807, 2.05) is 25.1 Å². The second kappa shape index (κ2) is 5.52. The molecule has 1 N–H and O–H groups in total. The van der Waals surface area contributed by atoms with Crippen molar-refractivity contribution in [3.63, 3.8) is 0 Å². The van der Waals surface area contributed by atoms with Crippen LogP contribution in [0.15, 0.2) is 22.7 Å². The van der Waals surface area contributed by atoms with Gasteiger partial charge in [0.25, 0.3) is 0 Å². The van der Waals surface area contributed by atoms with Crippen LogP contribution in [-0.2, 0) is 4.74 Å². The largest absolute Gasteiger partial charge is 0.381 e. The summed E-state index contributed by atoms with van der Waals surface area (Å²) in [6, 6.07) is 8.28. The van der Waals surface area contributed by atoms with Crippen molar-refractivity contribution in [2.24, 2.45) is 0 Å². The van der Waals surface area contributed by atoms with E-state index in [0.29, 0.717) is 17.7 Å². The van der Waals surface area contributed by atoms with E-state index in [-0.39, 0.29) is 0 Å². The van der Waals surface area contributed by atoms with Gasteiger partial charge >= 0.3 is 0 Å². The van der Waals surface area contributed by atoms with Gasteiger partial charge in [-0.3, -0.25) is 0 Å². The molecule has 4 heteroatoms. The zero-order chi connectivity index (χ0) is 12.3. The molecular formula is C13H15BrN2O. The average molecular weight is 295 g/mol. The first-order valence-corrected chi connectivity index (χ1v) is 6.60. The van der Waals surface area contributed by atoms with E-state index in [1.54, 1.807) is 0 Å². The van der Waals surface area contributed by atoms with Crippen molar-refractivity contribution >= 4 is 21.6 Å². The fraction of sp³-hybridized carbons (Fsp3) is 0.462. The molecule has 1 aliphatic carbocycles. The summed E-state index contributed by atoms with van der Waals surface area (Å²) in [5.41, 5.74) is 1.59. The molecule has 0 atom stereocenters. The van der Waals surface area contributed by atoms with Crippen LogP contribution in [0.1, 0.15) is 25.3 Å². The highest BCUT2D eigenvalue weighted by Gasteiger charge is 2.29. The molecule has 0 heterocycles. The average Bonchev–Trinajstić information content (AvgIpc) is 2.26. The number of nitrogens with zero attached hydrogens (tertiary/aromatic N) is 1. The molecule has 0 amide bonds. The van der Waals surface area contributed by atoms with Gasteiger partial charge < -0.3 is 10.1 Å². The highest BCUT2D eigenvalue weighted by atomic mass is 79.9. The van der Waals surface area contributed by atoms with Crippen LogP contribution in [0.5, 0.6) is 0 Å². The molecule has 0 aromatic heterocycles. The van der Waals surface area contributed by atoms with E-state index >= 15 is 0 Å². The Labute approximate surface area is 110 Å². The first-order valence-electron chi connectivity index (χ1n) is 5.80. The van der Waals surface area contributed by atoms with E-state index in [1.165, 1.54) is 0 Å². The second-order valence-electron chi connectivity index (χ2n) is 4.19. The van der Waals surface area contributed by atoms with Crippen molar-refractivity contribution in [1.82, 2.24) is 0 Å². The summed E-state index contributed by atoms with van der Waals surface area (Å²) < 4.78 is 6.50. The highest BCUT2D eigenvalue weighted by molar-refractivity contribution is 9.10. The molecule has 1 aromatic rings. The summed E-state index contributed by atoms with van der Waals surface area (Å²) >= 11 is 3.42. The number of hydrogen-bond acceptors (Lipinski definition) is 3. The van der Waals surface area contributed by atoms with Gasteiger partial charge in [-0.05, 0) is 38.0 Å². The Morgan fingerprint density at radius 1 is 1.53 bits per heavy atom. The summed E-state index contributed by atoms with van der Waals surface area (Å²) in [5, 5.41) is 12.4. The fourth-order valence-corrected chi connectivity index (χ4v) is 2.37. The molecule has 3 nitrogen and oxygen atoms in total. The maximum absolute atomic E-state index is 9.02. The lowest BCUT2D eigenvalue weighted by atomic mass is 9.89. The first-order chi connectivity index (χ1) is 8.22. The van der Waals surface area contributed by atoms with Gasteiger partial charge in [-0.1, -0.05) is 15.9 Å². The Balaban J connectivity index is 1.96. The number of nitrogens with one attached hydrogen (secondary N) is 1. The smallest absolute Gasteiger partial charge is 0.101 e. The SMILES string of the molecule is CCOC1CC(Nc2cc(Br)ccc2C#N)C1. The minimum Gasteiger partial charge on any atom is -0.381 e. The van der Waals surface area contributed by atoms with Crippen molar-refractivity contribution < 1.29 is 4.74 Å². The Hall–Kier alpha value is -1.05. The van der Waals surface area contributed by atoms with Gasteiger partial charge in [0.1, 0.15) is 6.07 Å². The van der Waals surface area contributed by atoms with Crippen LogP contribution in [0.2, 0.25) is 0 Å². The van der Waals surface area contributed by atoms with Gasteiger partial charge in [-0.2, -0.15) is 5.26 Å². The third kappa shape index (κ3) is 2.99. The standard InChI is InChI=1S/C13H15BrN2O/c1-2-17-12-6-11(7-12)16-13-5-10(14)4-3-9(13)8-15/h3-5,11-12,16H,2,6-7H2,1H3. The lowest BCUT2D eigenvalue weighted by Gasteiger charge is -2.36. The zero-order valence-electron chi connectivity index (χ0n) is 9.74. The molecule has 1 aromatic carbocycles. The van der Waals surface area contributed by atoms with Crippen molar-refractivity contribution in [2.45, 2.75) is 31.9 Å². The van der Waals surface area contributed by atoms with Crippen LogP contribution < -0.4 is 5.32 Å². The molecular weight excluding hydrogens is 280 g/mol. The summed E-state index contributed by atoms with van der Waals surface area (Å²) in [4.78, 5) is 0. The van der Waals surface area contributed by atoms with Crippen LogP contribution in [0.25, 0.3) is 0 Å². The van der Waals surface area contributed by atoms with Gasteiger partial charge in [-0.25, -0.2) is 0 Å². The van der Waals surface area contributed by atoms with Crippen LogP contribution in [0, 0.1) is 11.3 Å². The first kappa shape index (κ1) is 12.4. The normalized spacial score (nSPS) is 22.6. The van der Waals surface area contributed by atoms with Crippen molar-refractivity contribution in [3.8, 4) is 6.07 Å². The Morgan fingerprint density at radius 3 is 2.94 bits per heavy atom. The van der Waals surface area contributed by atoms with Gasteiger partial charge in [0.15, 0.2) is 0 Å². The topological polar surface area (TPSA) is 45.0 Å². The third-order valence-electron chi connectivity index (χ3n) is 2.96. The molecule has 1 aliphatic rings. The van der Waals surface area contributed by atoms with Crippen LogP contribution >= 0.6 is 15.9 Å². The summed E-state index contributed by atoms with van der Waals surface area (Å²) in [6.07, 6.45) is 2.42. The maximum atomic E-state index is 9.02. The Morgan fingerprint density at radius 2 is 2.29 bits per heavy atom. The fourth-order valence-electron chi connectivity index (χ4n) is 2.01. The van der Waals surface area contributed by atoms with E-state index in [0.717, 1.165) is 29.6 Å². The Kier molecular flexibility index (Phi) is 4.03. The quantitative estimate of drug-likeness (QED) is 0.927. The highest BCUT2D eigenvalue weighted by Crippen LogP contribution is 2.29. The number of hydrogen-bond donors (Lipinski definition) is 1. The number of benzene rings is 1. The number of anilines is 1. The van der Waals surface area contributed by atoms with Crippen molar-refractivity contribution in [3.05, 3.63) is 28.2 Å². The monoisotopic (exact) mass is 294 g/mol. The zero-order valence-corrected chi connectivity index (χ0v) is 11.3. The molecule has 0 aliphatic heterocycles. The summed E-state index contributed by atoms with van der Waals surface area (Å²) in [5.74, 6) is 0. The van der Waals surface area contributed by atoms with Gasteiger partial charge in [0, 0.05) is 17.1 Å². The molecule has 0 radical (unpaired) electrons. The molecule has 90 valence electrons. The minimum absolute atomic E-state index is 0.384.